The van der Waals surface area contributed by atoms with Gasteiger partial charge in [-0.15, -0.1) is 0 Å². The van der Waals surface area contributed by atoms with E-state index in [0.717, 1.165) is 5.56 Å². The normalized spacial score (nSPS) is 12.9. The molecule has 1 atom stereocenters. The fourth-order valence-electron chi connectivity index (χ4n) is 0.788. The SMILES string of the molecule is CC(Br)c1ccc(O)c(O)c1. The van der Waals surface area contributed by atoms with Crippen LogP contribution in [0.2, 0.25) is 0 Å². The molecule has 3 heteroatoms. The average molecular weight is 217 g/mol. The topological polar surface area (TPSA) is 40.5 Å². The molecule has 1 aromatic rings. The predicted molar refractivity (Wildman–Crippen MR) is 47.1 cm³/mol. The van der Waals surface area contributed by atoms with Crippen LogP contribution in [0.4, 0.5) is 0 Å². The molecular formula is C8H9BrO2. The Kier molecular flexibility index (Phi) is 2.39. The van der Waals surface area contributed by atoms with E-state index in [0.29, 0.717) is 0 Å². The van der Waals surface area contributed by atoms with Gasteiger partial charge in [-0.2, -0.15) is 0 Å². The van der Waals surface area contributed by atoms with Gasteiger partial charge in [-0.3, -0.25) is 0 Å². The molecule has 0 aliphatic heterocycles. The van der Waals surface area contributed by atoms with Crippen molar-refractivity contribution in [3.05, 3.63) is 23.8 Å². The second-order valence-electron chi connectivity index (χ2n) is 2.36. The number of aromatic hydroxyl groups is 2. The van der Waals surface area contributed by atoms with E-state index in [1.54, 1.807) is 6.07 Å². The molecule has 60 valence electrons. The van der Waals surface area contributed by atoms with Crippen molar-refractivity contribution in [1.29, 1.82) is 0 Å². The zero-order chi connectivity index (χ0) is 8.43. The van der Waals surface area contributed by atoms with Crippen molar-refractivity contribution in [3.8, 4) is 11.5 Å². The summed E-state index contributed by atoms with van der Waals surface area (Å²) in [7, 11) is 0. The van der Waals surface area contributed by atoms with Crippen LogP contribution in [0.15, 0.2) is 18.2 Å². The number of rotatable bonds is 1. The van der Waals surface area contributed by atoms with E-state index in [1.807, 2.05) is 6.92 Å². The maximum atomic E-state index is 9.08. The summed E-state index contributed by atoms with van der Waals surface area (Å²) in [6.45, 7) is 1.95. The summed E-state index contributed by atoms with van der Waals surface area (Å²) < 4.78 is 0. The minimum absolute atomic E-state index is 0.0752. The van der Waals surface area contributed by atoms with E-state index < -0.39 is 0 Å². The van der Waals surface area contributed by atoms with Crippen LogP contribution in [0.1, 0.15) is 17.3 Å². The van der Waals surface area contributed by atoms with E-state index in [1.165, 1.54) is 12.1 Å². The summed E-state index contributed by atoms with van der Waals surface area (Å²) in [4.78, 5) is 0.189. The van der Waals surface area contributed by atoms with Gasteiger partial charge in [0.15, 0.2) is 11.5 Å². The van der Waals surface area contributed by atoms with Crippen LogP contribution < -0.4 is 0 Å². The lowest BCUT2D eigenvalue weighted by Gasteiger charge is -2.04. The van der Waals surface area contributed by atoms with E-state index in [2.05, 4.69) is 15.9 Å². The number of hydrogen-bond donors (Lipinski definition) is 2. The van der Waals surface area contributed by atoms with Gasteiger partial charge < -0.3 is 10.2 Å². The smallest absolute Gasteiger partial charge is 0.157 e. The highest BCUT2D eigenvalue weighted by atomic mass is 79.9. The van der Waals surface area contributed by atoms with E-state index in [-0.39, 0.29) is 16.3 Å². The Hall–Kier alpha value is -0.700. The molecule has 0 heterocycles. The first-order chi connectivity index (χ1) is 5.11. The standard InChI is InChI=1S/C8H9BrO2/c1-5(9)6-2-3-7(10)8(11)4-6/h2-5,10-11H,1H3. The molecule has 0 aromatic heterocycles. The zero-order valence-electron chi connectivity index (χ0n) is 6.08. The minimum Gasteiger partial charge on any atom is -0.504 e. The molecule has 0 radical (unpaired) electrons. The maximum Gasteiger partial charge on any atom is 0.157 e. The van der Waals surface area contributed by atoms with Gasteiger partial charge in [-0.25, -0.2) is 0 Å². The first-order valence-electron chi connectivity index (χ1n) is 3.27. The summed E-state index contributed by atoms with van der Waals surface area (Å²) in [5, 5.41) is 18.0. The molecule has 0 aliphatic rings. The number of phenolic OH excluding ortho intramolecular Hbond substituents is 2. The Morgan fingerprint density at radius 1 is 1.27 bits per heavy atom. The Morgan fingerprint density at radius 2 is 1.91 bits per heavy atom. The number of benzene rings is 1. The van der Waals surface area contributed by atoms with E-state index in [9.17, 15) is 0 Å². The Balaban J connectivity index is 3.05. The molecule has 11 heavy (non-hydrogen) atoms. The van der Waals surface area contributed by atoms with Gasteiger partial charge >= 0.3 is 0 Å². The molecule has 2 nitrogen and oxygen atoms in total. The lowest BCUT2D eigenvalue weighted by Crippen LogP contribution is -1.81. The minimum atomic E-state index is -0.0816. The van der Waals surface area contributed by atoms with Gasteiger partial charge in [0.1, 0.15) is 0 Å². The van der Waals surface area contributed by atoms with E-state index >= 15 is 0 Å². The molecule has 0 saturated carbocycles. The highest BCUT2D eigenvalue weighted by Crippen LogP contribution is 2.30. The van der Waals surface area contributed by atoms with Crippen molar-refractivity contribution in [3.63, 3.8) is 0 Å². The largest absolute Gasteiger partial charge is 0.504 e. The molecule has 1 unspecified atom stereocenters. The van der Waals surface area contributed by atoms with Crippen LogP contribution in [-0.4, -0.2) is 10.2 Å². The average Bonchev–Trinajstić information content (AvgIpc) is 1.94. The first-order valence-corrected chi connectivity index (χ1v) is 4.19. The van der Waals surface area contributed by atoms with Crippen LogP contribution in [0.25, 0.3) is 0 Å². The molecule has 0 saturated heterocycles. The first kappa shape index (κ1) is 8.40. The summed E-state index contributed by atoms with van der Waals surface area (Å²) in [5.74, 6) is -0.157. The van der Waals surface area contributed by atoms with Crippen molar-refractivity contribution < 1.29 is 10.2 Å². The molecule has 0 amide bonds. The summed E-state index contributed by atoms with van der Waals surface area (Å²) in [5.41, 5.74) is 0.945. The lowest BCUT2D eigenvalue weighted by atomic mass is 10.1. The maximum absolute atomic E-state index is 9.08. The summed E-state index contributed by atoms with van der Waals surface area (Å²) in [6, 6.07) is 4.77. The fraction of sp³-hybridized carbons (Fsp3) is 0.250. The van der Waals surface area contributed by atoms with Crippen LogP contribution in [0.3, 0.4) is 0 Å². The van der Waals surface area contributed by atoms with Crippen molar-refractivity contribution in [1.82, 2.24) is 0 Å². The van der Waals surface area contributed by atoms with Crippen LogP contribution >= 0.6 is 15.9 Å². The van der Waals surface area contributed by atoms with Gasteiger partial charge in [0.2, 0.25) is 0 Å². The quantitative estimate of drug-likeness (QED) is 0.560. The highest BCUT2D eigenvalue weighted by molar-refractivity contribution is 9.09. The van der Waals surface area contributed by atoms with Crippen LogP contribution in [-0.2, 0) is 0 Å². The lowest BCUT2D eigenvalue weighted by molar-refractivity contribution is 0.403. The number of halogens is 1. The van der Waals surface area contributed by atoms with Gasteiger partial charge in [0.25, 0.3) is 0 Å². The van der Waals surface area contributed by atoms with Crippen molar-refractivity contribution in [2.24, 2.45) is 0 Å². The number of phenols is 2. The number of alkyl halides is 1. The molecular weight excluding hydrogens is 208 g/mol. The Bertz CT molecular complexity index is 258. The molecule has 0 bridgehead atoms. The second-order valence-corrected chi connectivity index (χ2v) is 3.74. The molecule has 0 aliphatic carbocycles. The van der Waals surface area contributed by atoms with Crippen molar-refractivity contribution in [2.75, 3.05) is 0 Å². The van der Waals surface area contributed by atoms with Gasteiger partial charge in [-0.05, 0) is 24.6 Å². The molecule has 0 spiro atoms. The third-order valence-electron chi connectivity index (χ3n) is 1.46. The van der Waals surface area contributed by atoms with Gasteiger partial charge in [-0.1, -0.05) is 22.0 Å². The van der Waals surface area contributed by atoms with Crippen molar-refractivity contribution in [2.45, 2.75) is 11.8 Å². The summed E-state index contributed by atoms with van der Waals surface area (Å²) >= 11 is 3.35. The molecule has 0 fully saturated rings. The third kappa shape index (κ3) is 1.87. The molecule has 1 aromatic carbocycles. The van der Waals surface area contributed by atoms with Crippen molar-refractivity contribution >= 4 is 15.9 Å². The zero-order valence-corrected chi connectivity index (χ0v) is 7.67. The monoisotopic (exact) mass is 216 g/mol. The second kappa shape index (κ2) is 3.13. The number of hydrogen-bond acceptors (Lipinski definition) is 2. The summed E-state index contributed by atoms with van der Waals surface area (Å²) in [6.07, 6.45) is 0. The van der Waals surface area contributed by atoms with Crippen LogP contribution in [0.5, 0.6) is 11.5 Å². The molecule has 2 N–H and O–H groups in total. The van der Waals surface area contributed by atoms with Gasteiger partial charge in [0.05, 0.1) is 0 Å². The van der Waals surface area contributed by atoms with E-state index in [4.69, 9.17) is 10.2 Å². The van der Waals surface area contributed by atoms with Gasteiger partial charge in [0, 0.05) is 4.83 Å². The third-order valence-corrected chi connectivity index (χ3v) is 1.99. The molecule has 1 rings (SSSR count). The fourth-order valence-corrected chi connectivity index (χ4v) is 1.07. The highest BCUT2D eigenvalue weighted by Gasteiger charge is 2.03. The predicted octanol–water partition coefficient (Wildman–Crippen LogP) is 2.55. The van der Waals surface area contributed by atoms with Crippen LogP contribution in [0, 0.1) is 0 Å². The Labute approximate surface area is 73.6 Å². The Morgan fingerprint density at radius 3 is 2.36 bits per heavy atom.